The molecule has 2 aromatic carbocycles. The van der Waals surface area contributed by atoms with Crippen molar-refractivity contribution < 1.29 is 31.8 Å². The van der Waals surface area contributed by atoms with E-state index in [9.17, 15) is 17.6 Å². The van der Waals surface area contributed by atoms with Gasteiger partial charge in [0.1, 0.15) is 35.5 Å². The number of halogens is 4. The van der Waals surface area contributed by atoms with Crippen molar-refractivity contribution in [2.24, 2.45) is 0 Å². The Kier molecular flexibility index (Phi) is 3.48. The molecule has 2 aromatic rings. The van der Waals surface area contributed by atoms with E-state index >= 15 is 0 Å². The van der Waals surface area contributed by atoms with Gasteiger partial charge in [0, 0.05) is 23.3 Å². The van der Waals surface area contributed by atoms with Gasteiger partial charge in [0.05, 0.1) is 0 Å². The highest BCUT2D eigenvalue weighted by atomic mass is 19.1. The van der Waals surface area contributed by atoms with Crippen molar-refractivity contribution in [3.8, 4) is 0 Å². The summed E-state index contributed by atoms with van der Waals surface area (Å²) in [5.41, 5.74) is 0.149. The third-order valence-corrected chi connectivity index (χ3v) is 4.55. The van der Waals surface area contributed by atoms with Crippen LogP contribution in [0.15, 0.2) is 36.4 Å². The highest BCUT2D eigenvalue weighted by Gasteiger charge is 2.66. The smallest absolute Gasteiger partial charge is 0.200 e. The first-order valence-electron chi connectivity index (χ1n) is 7.67. The molecule has 0 amide bonds. The molecule has 0 aromatic heterocycles. The van der Waals surface area contributed by atoms with E-state index in [1.807, 2.05) is 0 Å². The monoisotopic (exact) mass is 354 g/mol. The first-order chi connectivity index (χ1) is 11.7. The fourth-order valence-corrected chi connectivity index (χ4v) is 3.48. The molecular formula is C18H14F4O3. The maximum Gasteiger partial charge on any atom is 0.200 e. The molecule has 0 N–H and O–H groups in total. The van der Waals surface area contributed by atoms with Crippen LogP contribution in [0.4, 0.5) is 17.6 Å². The van der Waals surface area contributed by atoms with E-state index in [2.05, 4.69) is 0 Å². The standard InChI is InChI=1S/C18H14F4O3/c1-17-15(11-5-3-9(19)7-13(11)21)24-18(2,25-17)16(23-17)12-6-4-10(20)8-14(12)22/h3-8,15-16H,1-2H3. The molecule has 0 spiro atoms. The van der Waals surface area contributed by atoms with Gasteiger partial charge in [-0.1, -0.05) is 12.1 Å². The minimum Gasteiger partial charge on any atom is -0.333 e. The molecule has 4 unspecified atom stereocenters. The molecular weight excluding hydrogens is 340 g/mol. The van der Waals surface area contributed by atoms with Gasteiger partial charge in [-0.2, -0.15) is 0 Å². The van der Waals surface area contributed by atoms with Crippen LogP contribution in [0.25, 0.3) is 0 Å². The first kappa shape index (κ1) is 16.5. The van der Waals surface area contributed by atoms with Crippen LogP contribution in [0.2, 0.25) is 0 Å². The molecule has 3 nitrogen and oxygen atoms in total. The predicted molar refractivity (Wildman–Crippen MR) is 78.3 cm³/mol. The second-order valence-corrected chi connectivity index (χ2v) is 6.46. The number of fused-ring (bicyclic) bond motifs is 2. The predicted octanol–water partition coefficient (Wildman–Crippen LogP) is 4.53. The molecule has 2 fully saturated rings. The minimum absolute atomic E-state index is 0.0747. The Morgan fingerprint density at radius 1 is 0.720 bits per heavy atom. The van der Waals surface area contributed by atoms with Gasteiger partial charge in [-0.05, 0) is 26.0 Å². The topological polar surface area (TPSA) is 27.7 Å². The van der Waals surface area contributed by atoms with E-state index < -0.39 is 47.1 Å². The van der Waals surface area contributed by atoms with Crippen molar-refractivity contribution in [1.82, 2.24) is 0 Å². The van der Waals surface area contributed by atoms with Gasteiger partial charge in [-0.25, -0.2) is 17.6 Å². The van der Waals surface area contributed by atoms with Crippen LogP contribution in [0.1, 0.15) is 37.2 Å². The van der Waals surface area contributed by atoms with E-state index in [4.69, 9.17) is 14.2 Å². The van der Waals surface area contributed by atoms with E-state index in [-0.39, 0.29) is 11.1 Å². The number of rotatable bonds is 2. The van der Waals surface area contributed by atoms with Crippen molar-refractivity contribution in [1.29, 1.82) is 0 Å². The number of hydrogen-bond donors (Lipinski definition) is 0. The summed E-state index contributed by atoms with van der Waals surface area (Å²) in [6.07, 6.45) is -1.92. The molecule has 0 saturated carbocycles. The third-order valence-electron chi connectivity index (χ3n) is 4.55. The Morgan fingerprint density at radius 3 is 1.44 bits per heavy atom. The molecule has 4 rings (SSSR count). The summed E-state index contributed by atoms with van der Waals surface area (Å²) in [4.78, 5) is 0. The molecule has 2 bridgehead atoms. The summed E-state index contributed by atoms with van der Waals surface area (Å²) in [5, 5.41) is 0. The largest absolute Gasteiger partial charge is 0.333 e. The van der Waals surface area contributed by atoms with Gasteiger partial charge in [-0.3, -0.25) is 0 Å². The van der Waals surface area contributed by atoms with Crippen LogP contribution in [-0.4, -0.2) is 11.6 Å². The quantitative estimate of drug-likeness (QED) is 0.742. The van der Waals surface area contributed by atoms with Crippen LogP contribution >= 0.6 is 0 Å². The Bertz CT molecular complexity index is 789. The highest BCUT2D eigenvalue weighted by molar-refractivity contribution is 5.29. The van der Waals surface area contributed by atoms with E-state index in [0.29, 0.717) is 0 Å². The average molecular weight is 354 g/mol. The van der Waals surface area contributed by atoms with Gasteiger partial charge in [0.25, 0.3) is 0 Å². The van der Waals surface area contributed by atoms with Crippen LogP contribution in [0.5, 0.6) is 0 Å². The molecule has 0 aliphatic carbocycles. The molecule has 2 aliphatic rings. The van der Waals surface area contributed by atoms with E-state index in [1.165, 1.54) is 26.0 Å². The second kappa shape index (κ2) is 5.27. The Morgan fingerprint density at radius 2 is 1.12 bits per heavy atom. The maximum atomic E-state index is 14.1. The van der Waals surface area contributed by atoms with Crippen molar-refractivity contribution in [3.05, 3.63) is 70.8 Å². The zero-order chi connectivity index (χ0) is 18.0. The zero-order valence-electron chi connectivity index (χ0n) is 13.4. The Labute approximate surface area is 141 Å². The van der Waals surface area contributed by atoms with Gasteiger partial charge in [0.15, 0.2) is 0 Å². The highest BCUT2D eigenvalue weighted by Crippen LogP contribution is 2.60. The Balaban J connectivity index is 1.70. The first-order valence-corrected chi connectivity index (χ1v) is 7.67. The molecule has 2 aliphatic heterocycles. The Hall–Kier alpha value is -1.96. The van der Waals surface area contributed by atoms with Crippen LogP contribution < -0.4 is 0 Å². The molecule has 2 saturated heterocycles. The van der Waals surface area contributed by atoms with Crippen LogP contribution in [0.3, 0.4) is 0 Å². The maximum absolute atomic E-state index is 14.1. The molecule has 2 heterocycles. The molecule has 25 heavy (non-hydrogen) atoms. The lowest BCUT2D eigenvalue weighted by atomic mass is 9.98. The fraction of sp³-hybridized carbons (Fsp3) is 0.333. The lowest BCUT2D eigenvalue weighted by molar-refractivity contribution is -0.216. The van der Waals surface area contributed by atoms with Crippen molar-refractivity contribution in [2.45, 2.75) is 37.6 Å². The minimum atomic E-state index is -1.40. The average Bonchev–Trinajstić information content (AvgIpc) is 2.93. The molecule has 4 atom stereocenters. The van der Waals surface area contributed by atoms with Crippen molar-refractivity contribution >= 4 is 0 Å². The number of ether oxygens (including phenoxy) is 3. The fourth-order valence-electron chi connectivity index (χ4n) is 3.48. The van der Waals surface area contributed by atoms with Gasteiger partial charge < -0.3 is 14.2 Å². The summed E-state index contributed by atoms with van der Waals surface area (Å²) in [6.45, 7) is 3.07. The third kappa shape index (κ3) is 2.46. The second-order valence-electron chi connectivity index (χ2n) is 6.46. The zero-order valence-corrected chi connectivity index (χ0v) is 13.4. The van der Waals surface area contributed by atoms with Gasteiger partial charge in [0.2, 0.25) is 11.6 Å². The summed E-state index contributed by atoms with van der Waals surface area (Å²) in [5.74, 6) is -5.82. The van der Waals surface area contributed by atoms with E-state index in [0.717, 1.165) is 24.3 Å². The normalized spacial score (nSPS) is 33.8. The van der Waals surface area contributed by atoms with Crippen molar-refractivity contribution in [3.63, 3.8) is 0 Å². The lowest BCUT2D eigenvalue weighted by Gasteiger charge is -2.35. The molecule has 0 radical (unpaired) electrons. The molecule has 132 valence electrons. The summed E-state index contributed by atoms with van der Waals surface area (Å²) in [6, 6.07) is 6.21. The SMILES string of the molecule is CC12OC(c3ccc(F)cc3F)C(C)(OC1c1ccc(F)cc1F)O2. The van der Waals surface area contributed by atoms with Gasteiger partial charge >= 0.3 is 0 Å². The lowest BCUT2D eigenvalue weighted by Crippen LogP contribution is -2.38. The number of benzene rings is 2. The van der Waals surface area contributed by atoms with Crippen LogP contribution in [-0.2, 0) is 14.2 Å². The molecule has 7 heteroatoms. The summed E-state index contributed by atoms with van der Waals surface area (Å²) in [7, 11) is 0. The number of hydrogen-bond acceptors (Lipinski definition) is 3. The van der Waals surface area contributed by atoms with Crippen molar-refractivity contribution in [2.75, 3.05) is 0 Å². The van der Waals surface area contributed by atoms with Gasteiger partial charge in [-0.15, -0.1) is 0 Å². The summed E-state index contributed by atoms with van der Waals surface area (Å²) >= 11 is 0. The van der Waals surface area contributed by atoms with E-state index in [1.54, 1.807) is 0 Å². The van der Waals surface area contributed by atoms with Crippen LogP contribution in [0, 0.1) is 23.3 Å². The summed E-state index contributed by atoms with van der Waals surface area (Å²) < 4.78 is 72.0.